The van der Waals surface area contributed by atoms with Gasteiger partial charge in [0, 0.05) is 32.8 Å². The number of aromatic amines is 1. The lowest BCUT2D eigenvalue weighted by Crippen LogP contribution is -2.27. The zero-order valence-electron chi connectivity index (χ0n) is 12.0. The van der Waals surface area contributed by atoms with Crippen LogP contribution in [0.25, 0.3) is 0 Å². The van der Waals surface area contributed by atoms with Gasteiger partial charge in [0.05, 0.1) is 12.1 Å². The molecule has 0 atom stereocenters. The largest absolute Gasteiger partial charge is 0.364 e. The molecule has 0 unspecified atom stereocenters. The Bertz CT molecular complexity index is 450. The second kappa shape index (κ2) is 7.53. The fourth-order valence-electron chi connectivity index (χ4n) is 1.46. The molecule has 0 aliphatic rings. The highest BCUT2D eigenvalue weighted by Crippen LogP contribution is 2.11. The van der Waals surface area contributed by atoms with Crippen LogP contribution in [0.5, 0.6) is 0 Å². The zero-order chi connectivity index (χ0) is 14.3. The van der Waals surface area contributed by atoms with Crippen molar-refractivity contribution in [3.8, 4) is 0 Å². The summed E-state index contributed by atoms with van der Waals surface area (Å²) >= 11 is 0. The van der Waals surface area contributed by atoms with E-state index in [0.29, 0.717) is 5.56 Å². The van der Waals surface area contributed by atoms with Crippen LogP contribution in [0, 0.1) is 6.92 Å². The van der Waals surface area contributed by atoms with Gasteiger partial charge in [-0.15, -0.1) is 0 Å². The lowest BCUT2D eigenvalue weighted by molar-refractivity contribution is -0.119. The summed E-state index contributed by atoms with van der Waals surface area (Å²) in [7, 11) is 3.70. The molecule has 1 amide bonds. The topological polar surface area (TPSA) is 65.2 Å². The Balaban J connectivity index is 0.00000137. The third kappa shape index (κ3) is 4.61. The molecule has 1 aromatic rings. The Hall–Kier alpha value is -1.78. The molecular weight excluding hydrogens is 230 g/mol. The average Bonchev–Trinajstić information content (AvgIpc) is 2.29. The number of rotatable bonds is 3. The minimum atomic E-state index is -0.148. The van der Waals surface area contributed by atoms with E-state index in [9.17, 15) is 9.59 Å². The first-order chi connectivity index (χ1) is 8.41. The second-order valence-corrected chi connectivity index (χ2v) is 3.95. The maximum absolute atomic E-state index is 11.8. The number of nitrogens with zero attached hydrogens (tertiary/aromatic N) is 1. The van der Waals surface area contributed by atoms with E-state index in [2.05, 4.69) is 10.3 Å². The first kappa shape index (κ1) is 16.2. The van der Waals surface area contributed by atoms with Crippen LogP contribution in [-0.2, 0) is 11.3 Å². The predicted octanol–water partition coefficient (Wildman–Crippen LogP) is 1.41. The number of aryl methyl sites for hydroxylation is 1. The van der Waals surface area contributed by atoms with Gasteiger partial charge in [-0.2, -0.15) is 0 Å². The summed E-state index contributed by atoms with van der Waals surface area (Å²) in [5, 5.41) is 2.63. The quantitative estimate of drug-likeness (QED) is 0.856. The highest BCUT2D eigenvalue weighted by molar-refractivity contribution is 5.73. The van der Waals surface area contributed by atoms with Crippen LogP contribution in [0.2, 0.25) is 0 Å². The zero-order valence-corrected chi connectivity index (χ0v) is 12.0. The van der Waals surface area contributed by atoms with Crippen molar-refractivity contribution in [3.63, 3.8) is 0 Å². The number of nitrogens with one attached hydrogen (secondary N) is 2. The molecule has 0 aliphatic carbocycles. The Kier molecular flexibility index (Phi) is 6.78. The van der Waals surface area contributed by atoms with Crippen molar-refractivity contribution in [2.75, 3.05) is 19.0 Å². The summed E-state index contributed by atoms with van der Waals surface area (Å²) in [5.41, 5.74) is 1.32. The molecule has 0 spiro atoms. The van der Waals surface area contributed by atoms with Crippen molar-refractivity contribution in [2.45, 2.75) is 34.2 Å². The third-order valence-corrected chi connectivity index (χ3v) is 2.21. The summed E-state index contributed by atoms with van der Waals surface area (Å²) in [4.78, 5) is 27.6. The summed E-state index contributed by atoms with van der Waals surface area (Å²) < 4.78 is 0. The van der Waals surface area contributed by atoms with E-state index in [-0.39, 0.29) is 17.9 Å². The maximum atomic E-state index is 11.8. The molecule has 5 heteroatoms. The normalized spacial score (nSPS) is 9.22. The van der Waals surface area contributed by atoms with Crippen LogP contribution in [0.15, 0.2) is 10.9 Å². The molecule has 1 rings (SSSR count). The third-order valence-electron chi connectivity index (χ3n) is 2.21. The SMILES string of the molecule is CC.CC(=O)NCc1c(N(C)C)[nH]c(C)cc1=O. The highest BCUT2D eigenvalue weighted by atomic mass is 16.1. The molecule has 2 N–H and O–H groups in total. The molecule has 0 aliphatic heterocycles. The molecule has 102 valence electrons. The number of carbonyl (C=O) groups is 1. The van der Waals surface area contributed by atoms with Gasteiger partial charge in [-0.25, -0.2) is 0 Å². The second-order valence-electron chi connectivity index (χ2n) is 3.95. The smallest absolute Gasteiger partial charge is 0.217 e. The maximum Gasteiger partial charge on any atom is 0.217 e. The Morgan fingerprint density at radius 1 is 1.39 bits per heavy atom. The highest BCUT2D eigenvalue weighted by Gasteiger charge is 2.10. The molecular formula is C13H23N3O2. The molecule has 0 aromatic carbocycles. The van der Waals surface area contributed by atoms with Gasteiger partial charge in [-0.1, -0.05) is 13.8 Å². The van der Waals surface area contributed by atoms with Crippen molar-refractivity contribution >= 4 is 11.7 Å². The molecule has 0 saturated heterocycles. The van der Waals surface area contributed by atoms with Gasteiger partial charge in [0.25, 0.3) is 0 Å². The van der Waals surface area contributed by atoms with Gasteiger partial charge >= 0.3 is 0 Å². The van der Waals surface area contributed by atoms with Gasteiger partial charge in [-0.05, 0) is 6.92 Å². The number of amides is 1. The molecule has 0 saturated carbocycles. The minimum Gasteiger partial charge on any atom is -0.364 e. The van der Waals surface area contributed by atoms with E-state index in [4.69, 9.17) is 0 Å². The van der Waals surface area contributed by atoms with Crippen molar-refractivity contribution in [2.24, 2.45) is 0 Å². The van der Waals surface area contributed by atoms with E-state index >= 15 is 0 Å². The fourth-order valence-corrected chi connectivity index (χ4v) is 1.46. The lowest BCUT2D eigenvalue weighted by Gasteiger charge is -2.17. The van der Waals surface area contributed by atoms with Gasteiger partial charge in [0.1, 0.15) is 5.82 Å². The van der Waals surface area contributed by atoms with Crippen LogP contribution in [0.3, 0.4) is 0 Å². The molecule has 0 bridgehead atoms. The molecule has 5 nitrogen and oxygen atoms in total. The summed E-state index contributed by atoms with van der Waals surface area (Å²) in [6.07, 6.45) is 0. The molecule has 18 heavy (non-hydrogen) atoms. The molecule has 0 fully saturated rings. The molecule has 0 radical (unpaired) electrons. The van der Waals surface area contributed by atoms with Gasteiger partial charge in [0.15, 0.2) is 5.43 Å². The number of anilines is 1. The standard InChI is InChI=1S/C11H17N3O2.C2H6/c1-7-5-10(16)9(6-12-8(2)15)11(13-7)14(3)4;1-2/h5H,6H2,1-4H3,(H,12,15)(H,13,16);1-2H3. The van der Waals surface area contributed by atoms with Crippen LogP contribution >= 0.6 is 0 Å². The van der Waals surface area contributed by atoms with E-state index < -0.39 is 0 Å². The summed E-state index contributed by atoms with van der Waals surface area (Å²) in [6.45, 7) is 7.51. The summed E-state index contributed by atoms with van der Waals surface area (Å²) in [6, 6.07) is 1.53. The molecule has 1 heterocycles. The van der Waals surface area contributed by atoms with Gasteiger partial charge in [0.2, 0.25) is 5.91 Å². The number of hydrogen-bond acceptors (Lipinski definition) is 3. The number of aromatic nitrogens is 1. The lowest BCUT2D eigenvalue weighted by atomic mass is 10.2. The number of carbonyl (C=O) groups excluding carboxylic acids is 1. The number of hydrogen-bond donors (Lipinski definition) is 2. The average molecular weight is 253 g/mol. The van der Waals surface area contributed by atoms with Crippen LogP contribution < -0.4 is 15.6 Å². The van der Waals surface area contributed by atoms with Crippen molar-refractivity contribution in [1.29, 1.82) is 0 Å². The Morgan fingerprint density at radius 2 is 1.94 bits per heavy atom. The van der Waals surface area contributed by atoms with Crippen LogP contribution in [-0.4, -0.2) is 25.0 Å². The van der Waals surface area contributed by atoms with Gasteiger partial charge in [-0.3, -0.25) is 9.59 Å². The first-order valence-corrected chi connectivity index (χ1v) is 6.06. The number of H-pyrrole nitrogens is 1. The monoisotopic (exact) mass is 253 g/mol. The Morgan fingerprint density at radius 3 is 2.39 bits per heavy atom. The van der Waals surface area contributed by atoms with Gasteiger partial charge < -0.3 is 15.2 Å². The first-order valence-electron chi connectivity index (χ1n) is 6.06. The van der Waals surface area contributed by atoms with E-state index in [1.165, 1.54) is 13.0 Å². The fraction of sp³-hybridized carbons (Fsp3) is 0.538. The van der Waals surface area contributed by atoms with E-state index in [0.717, 1.165) is 11.5 Å². The van der Waals surface area contributed by atoms with Crippen molar-refractivity contribution < 1.29 is 4.79 Å². The van der Waals surface area contributed by atoms with Crippen LogP contribution in [0.4, 0.5) is 5.82 Å². The minimum absolute atomic E-state index is 0.0614. The molecule has 1 aromatic heterocycles. The van der Waals surface area contributed by atoms with E-state index in [1.54, 1.807) is 0 Å². The number of pyridine rings is 1. The van der Waals surface area contributed by atoms with Crippen molar-refractivity contribution in [1.82, 2.24) is 10.3 Å². The van der Waals surface area contributed by atoms with Crippen molar-refractivity contribution in [3.05, 3.63) is 27.5 Å². The van der Waals surface area contributed by atoms with Crippen LogP contribution in [0.1, 0.15) is 32.0 Å². The Labute approximate surface area is 108 Å². The summed E-state index contributed by atoms with van der Waals surface area (Å²) in [5.74, 6) is 0.587. The van der Waals surface area contributed by atoms with E-state index in [1.807, 2.05) is 39.8 Å². The predicted molar refractivity (Wildman–Crippen MR) is 75.0 cm³/mol.